The summed E-state index contributed by atoms with van der Waals surface area (Å²) in [4.78, 5) is 21.8. The lowest BCUT2D eigenvalue weighted by molar-refractivity contribution is -0.119. The average molecular weight is 251 g/mol. The van der Waals surface area contributed by atoms with Gasteiger partial charge < -0.3 is 15.5 Å². The van der Waals surface area contributed by atoms with Crippen molar-refractivity contribution in [3.63, 3.8) is 0 Å². The van der Waals surface area contributed by atoms with Crippen LogP contribution in [0.25, 0.3) is 0 Å². The second-order valence-electron chi connectivity index (χ2n) is 4.15. The number of aromatic nitrogens is 2. The molecule has 0 unspecified atom stereocenters. The van der Waals surface area contributed by atoms with E-state index in [2.05, 4.69) is 27.5 Å². The van der Waals surface area contributed by atoms with Gasteiger partial charge in [0.05, 0.1) is 6.54 Å². The molecule has 18 heavy (non-hydrogen) atoms. The predicted molar refractivity (Wildman–Crippen MR) is 72.9 cm³/mol. The van der Waals surface area contributed by atoms with E-state index in [1.165, 1.54) is 0 Å². The van der Waals surface area contributed by atoms with Crippen molar-refractivity contribution < 1.29 is 4.79 Å². The van der Waals surface area contributed by atoms with E-state index in [9.17, 15) is 4.79 Å². The number of carbonyl (C=O) groups excluding carboxylic acids is 1. The highest BCUT2D eigenvalue weighted by molar-refractivity contribution is 5.80. The third kappa shape index (κ3) is 4.20. The lowest BCUT2D eigenvalue weighted by atomic mass is 10.4. The number of nitrogens with one attached hydrogen (secondary N) is 2. The molecule has 0 aliphatic rings. The summed E-state index contributed by atoms with van der Waals surface area (Å²) in [5.41, 5.74) is 0.877. The summed E-state index contributed by atoms with van der Waals surface area (Å²) in [5, 5.41) is 5.74. The van der Waals surface area contributed by atoms with Gasteiger partial charge in [-0.25, -0.2) is 4.98 Å². The van der Waals surface area contributed by atoms with Gasteiger partial charge in [-0.1, -0.05) is 6.92 Å². The van der Waals surface area contributed by atoms with Crippen LogP contribution in [0.3, 0.4) is 0 Å². The lowest BCUT2D eigenvalue weighted by Crippen LogP contribution is -2.33. The summed E-state index contributed by atoms with van der Waals surface area (Å²) in [6.07, 6.45) is 1.01. The SMILES string of the molecule is CCCNc1nc(C)cc(N(C)CC(=O)NC)n1. The van der Waals surface area contributed by atoms with Crippen LogP contribution >= 0.6 is 0 Å². The first-order valence-electron chi connectivity index (χ1n) is 6.08. The molecule has 1 heterocycles. The minimum atomic E-state index is -0.0446. The fourth-order valence-electron chi connectivity index (χ4n) is 1.44. The van der Waals surface area contributed by atoms with Crippen LogP contribution in [-0.2, 0) is 4.79 Å². The number of carbonyl (C=O) groups is 1. The normalized spacial score (nSPS) is 10.0. The largest absolute Gasteiger partial charge is 0.358 e. The smallest absolute Gasteiger partial charge is 0.239 e. The molecule has 6 nitrogen and oxygen atoms in total. The van der Waals surface area contributed by atoms with Gasteiger partial charge >= 0.3 is 0 Å². The molecule has 1 rings (SSSR count). The van der Waals surface area contributed by atoms with Crippen molar-refractivity contribution in [2.45, 2.75) is 20.3 Å². The zero-order valence-electron chi connectivity index (χ0n) is 11.4. The number of nitrogens with zero attached hydrogens (tertiary/aromatic N) is 3. The highest BCUT2D eigenvalue weighted by Gasteiger charge is 2.09. The van der Waals surface area contributed by atoms with Crippen molar-refractivity contribution in [1.29, 1.82) is 0 Å². The Labute approximate surface area is 108 Å². The van der Waals surface area contributed by atoms with E-state index in [4.69, 9.17) is 0 Å². The summed E-state index contributed by atoms with van der Waals surface area (Å²) in [5.74, 6) is 1.30. The van der Waals surface area contributed by atoms with E-state index >= 15 is 0 Å². The molecule has 0 aliphatic heterocycles. The maximum Gasteiger partial charge on any atom is 0.239 e. The number of anilines is 2. The van der Waals surface area contributed by atoms with Crippen LogP contribution in [0.15, 0.2) is 6.07 Å². The summed E-state index contributed by atoms with van der Waals surface area (Å²) in [6.45, 7) is 5.11. The molecule has 0 aliphatic carbocycles. The van der Waals surface area contributed by atoms with Gasteiger partial charge in [0, 0.05) is 32.4 Å². The number of aryl methyl sites for hydroxylation is 1. The molecule has 6 heteroatoms. The second kappa shape index (κ2) is 6.78. The summed E-state index contributed by atoms with van der Waals surface area (Å²) >= 11 is 0. The number of rotatable bonds is 6. The van der Waals surface area contributed by atoms with Crippen LogP contribution in [0.4, 0.5) is 11.8 Å². The Morgan fingerprint density at radius 2 is 2.17 bits per heavy atom. The summed E-state index contributed by atoms with van der Waals surface area (Å²) in [7, 11) is 3.45. The monoisotopic (exact) mass is 251 g/mol. The molecule has 0 saturated carbocycles. The van der Waals surface area contributed by atoms with Gasteiger partial charge in [-0.2, -0.15) is 4.98 Å². The first-order chi connectivity index (χ1) is 8.56. The molecule has 0 saturated heterocycles. The van der Waals surface area contributed by atoms with Crippen molar-refractivity contribution in [1.82, 2.24) is 15.3 Å². The van der Waals surface area contributed by atoms with Gasteiger partial charge in [0.2, 0.25) is 11.9 Å². The van der Waals surface area contributed by atoms with Crippen molar-refractivity contribution in [3.8, 4) is 0 Å². The van der Waals surface area contributed by atoms with Crippen molar-refractivity contribution in [2.75, 3.05) is 37.4 Å². The molecule has 0 bridgehead atoms. The number of likely N-dealkylation sites (N-methyl/N-ethyl adjacent to an activating group) is 2. The van der Waals surface area contributed by atoms with Gasteiger partial charge in [-0.3, -0.25) is 4.79 Å². The number of amides is 1. The fourth-order valence-corrected chi connectivity index (χ4v) is 1.44. The van der Waals surface area contributed by atoms with Crippen molar-refractivity contribution >= 4 is 17.7 Å². The van der Waals surface area contributed by atoms with Crippen molar-refractivity contribution in [3.05, 3.63) is 11.8 Å². The van der Waals surface area contributed by atoms with Crippen LogP contribution in [-0.4, -0.2) is 43.1 Å². The Morgan fingerprint density at radius 3 is 2.78 bits per heavy atom. The number of hydrogen-bond donors (Lipinski definition) is 2. The Morgan fingerprint density at radius 1 is 1.44 bits per heavy atom. The van der Waals surface area contributed by atoms with Gasteiger partial charge in [0.1, 0.15) is 5.82 Å². The fraction of sp³-hybridized carbons (Fsp3) is 0.583. The molecule has 0 fully saturated rings. The Kier molecular flexibility index (Phi) is 5.35. The Bertz CT molecular complexity index is 407. The first-order valence-corrected chi connectivity index (χ1v) is 6.08. The van der Waals surface area contributed by atoms with E-state index in [0.29, 0.717) is 5.95 Å². The van der Waals surface area contributed by atoms with Gasteiger partial charge in [0.25, 0.3) is 0 Å². The van der Waals surface area contributed by atoms with Gasteiger partial charge in [0.15, 0.2) is 0 Å². The minimum Gasteiger partial charge on any atom is -0.358 e. The average Bonchev–Trinajstić information content (AvgIpc) is 2.35. The summed E-state index contributed by atoms with van der Waals surface area (Å²) < 4.78 is 0. The molecule has 0 spiro atoms. The third-order valence-electron chi connectivity index (χ3n) is 2.42. The molecule has 2 N–H and O–H groups in total. The standard InChI is InChI=1S/C12H21N5O/c1-5-6-14-12-15-9(2)7-10(16-12)17(4)8-11(18)13-3/h7H,5-6,8H2,1-4H3,(H,13,18)(H,14,15,16). The van der Waals surface area contributed by atoms with Crippen LogP contribution in [0.2, 0.25) is 0 Å². The molecule has 100 valence electrons. The van der Waals surface area contributed by atoms with Crippen LogP contribution < -0.4 is 15.5 Å². The van der Waals surface area contributed by atoms with E-state index in [1.807, 2.05) is 20.0 Å². The van der Waals surface area contributed by atoms with Crippen LogP contribution in [0, 0.1) is 6.92 Å². The third-order valence-corrected chi connectivity index (χ3v) is 2.42. The quantitative estimate of drug-likeness (QED) is 0.782. The van der Waals surface area contributed by atoms with Gasteiger partial charge in [-0.05, 0) is 13.3 Å². The molecule has 1 aromatic rings. The topological polar surface area (TPSA) is 70.2 Å². The highest BCUT2D eigenvalue weighted by atomic mass is 16.1. The molecule has 1 amide bonds. The first kappa shape index (κ1) is 14.2. The van der Waals surface area contributed by atoms with E-state index in [1.54, 1.807) is 11.9 Å². The minimum absolute atomic E-state index is 0.0446. The maximum atomic E-state index is 11.3. The zero-order valence-corrected chi connectivity index (χ0v) is 11.4. The van der Waals surface area contributed by atoms with E-state index in [-0.39, 0.29) is 12.5 Å². The van der Waals surface area contributed by atoms with Crippen molar-refractivity contribution in [2.24, 2.45) is 0 Å². The second-order valence-corrected chi connectivity index (χ2v) is 4.15. The van der Waals surface area contributed by atoms with E-state index in [0.717, 1.165) is 24.5 Å². The van der Waals surface area contributed by atoms with E-state index < -0.39 is 0 Å². The molecule has 1 aromatic heterocycles. The van der Waals surface area contributed by atoms with Crippen LogP contribution in [0.5, 0.6) is 0 Å². The molecule has 0 aromatic carbocycles. The molecular formula is C12H21N5O. The molecule has 0 radical (unpaired) electrons. The lowest BCUT2D eigenvalue weighted by Gasteiger charge is -2.18. The summed E-state index contributed by atoms with van der Waals surface area (Å²) in [6, 6.07) is 1.86. The number of hydrogen-bond acceptors (Lipinski definition) is 5. The molecule has 0 atom stereocenters. The molecular weight excluding hydrogens is 230 g/mol. The Hall–Kier alpha value is -1.85. The predicted octanol–water partition coefficient (Wildman–Crippen LogP) is 0.789. The highest BCUT2D eigenvalue weighted by Crippen LogP contribution is 2.13. The maximum absolute atomic E-state index is 11.3. The van der Waals surface area contributed by atoms with Crippen LogP contribution in [0.1, 0.15) is 19.0 Å². The Balaban J connectivity index is 2.80. The zero-order chi connectivity index (χ0) is 13.5. The van der Waals surface area contributed by atoms with Gasteiger partial charge in [-0.15, -0.1) is 0 Å².